The zero-order valence-corrected chi connectivity index (χ0v) is 8.61. The predicted octanol–water partition coefficient (Wildman–Crippen LogP) is 3.08. The van der Waals surface area contributed by atoms with E-state index < -0.39 is 0 Å². The Hall–Kier alpha value is -1.34. The number of hydrogen-bond acceptors (Lipinski definition) is 1. The van der Waals surface area contributed by atoms with Crippen molar-refractivity contribution >= 4 is 0 Å². The van der Waals surface area contributed by atoms with Gasteiger partial charge in [-0.1, -0.05) is 48.6 Å². The highest BCUT2D eigenvalue weighted by Crippen LogP contribution is 2.13. The van der Waals surface area contributed by atoms with E-state index in [1.807, 2.05) is 19.1 Å². The van der Waals surface area contributed by atoms with E-state index in [9.17, 15) is 0 Å². The summed E-state index contributed by atoms with van der Waals surface area (Å²) in [6.07, 6.45) is 6.09. The van der Waals surface area contributed by atoms with Crippen molar-refractivity contribution in [2.45, 2.75) is 13.0 Å². The minimum absolute atomic E-state index is 0.291. The summed E-state index contributed by atoms with van der Waals surface area (Å²) in [6, 6.07) is 10.7. The predicted molar refractivity (Wildman–Crippen MR) is 62.2 cm³/mol. The summed E-state index contributed by atoms with van der Waals surface area (Å²) in [7, 11) is 0. The van der Waals surface area contributed by atoms with Crippen molar-refractivity contribution in [2.75, 3.05) is 6.54 Å². The third-order valence-corrected chi connectivity index (χ3v) is 2.03. The van der Waals surface area contributed by atoms with Gasteiger partial charge in [0.2, 0.25) is 0 Å². The Morgan fingerprint density at radius 3 is 2.64 bits per heavy atom. The van der Waals surface area contributed by atoms with Crippen molar-refractivity contribution in [3.8, 4) is 0 Å². The summed E-state index contributed by atoms with van der Waals surface area (Å²) in [5.41, 5.74) is 1.28. The second-order valence-corrected chi connectivity index (χ2v) is 3.11. The number of allylic oxidation sites excluding steroid dienone is 1. The molecule has 0 bridgehead atoms. The van der Waals surface area contributed by atoms with Crippen LogP contribution < -0.4 is 5.32 Å². The van der Waals surface area contributed by atoms with Crippen LogP contribution in [-0.4, -0.2) is 6.54 Å². The van der Waals surface area contributed by atoms with Crippen molar-refractivity contribution in [2.24, 2.45) is 0 Å². The Balaban J connectivity index is 2.72. The molecule has 1 atom stereocenters. The largest absolute Gasteiger partial charge is 0.303 e. The summed E-state index contributed by atoms with van der Waals surface area (Å²) in [5, 5.41) is 3.38. The summed E-state index contributed by atoms with van der Waals surface area (Å²) in [4.78, 5) is 0. The van der Waals surface area contributed by atoms with Gasteiger partial charge in [0.1, 0.15) is 0 Å². The molecule has 0 amide bonds. The Morgan fingerprint density at radius 1 is 1.36 bits per heavy atom. The van der Waals surface area contributed by atoms with Crippen molar-refractivity contribution in [3.05, 3.63) is 60.7 Å². The van der Waals surface area contributed by atoms with Crippen molar-refractivity contribution in [1.82, 2.24) is 5.32 Å². The second kappa shape index (κ2) is 6.17. The molecule has 0 heterocycles. The molecule has 0 spiro atoms. The maximum Gasteiger partial charge on any atom is 0.0508 e. The van der Waals surface area contributed by atoms with Gasteiger partial charge in [-0.3, -0.25) is 0 Å². The number of benzene rings is 1. The lowest BCUT2D eigenvalue weighted by Crippen LogP contribution is -2.19. The van der Waals surface area contributed by atoms with Crippen LogP contribution in [0.5, 0.6) is 0 Å². The molecule has 0 aliphatic carbocycles. The van der Waals surface area contributed by atoms with Crippen molar-refractivity contribution in [3.63, 3.8) is 0 Å². The molecule has 1 rings (SSSR count). The smallest absolute Gasteiger partial charge is 0.0508 e. The highest BCUT2D eigenvalue weighted by atomic mass is 14.9. The first-order chi connectivity index (χ1) is 6.88. The third-order valence-electron chi connectivity index (χ3n) is 2.03. The average Bonchev–Trinajstić information content (AvgIpc) is 2.25. The van der Waals surface area contributed by atoms with Gasteiger partial charge in [0.05, 0.1) is 6.04 Å². The molecule has 0 aliphatic heterocycles. The fraction of sp³-hybridized carbons (Fsp3) is 0.231. The van der Waals surface area contributed by atoms with Crippen LogP contribution in [0.3, 0.4) is 0 Å². The van der Waals surface area contributed by atoms with Crippen LogP contribution in [0.2, 0.25) is 0 Å². The number of nitrogens with one attached hydrogen (secondary N) is 1. The molecule has 0 unspecified atom stereocenters. The van der Waals surface area contributed by atoms with Gasteiger partial charge in [-0.15, -0.1) is 6.58 Å². The molecule has 1 heteroatoms. The Kier molecular flexibility index (Phi) is 4.73. The molecule has 1 aromatic carbocycles. The normalized spacial score (nSPS) is 12.9. The highest BCUT2D eigenvalue weighted by Gasteiger charge is 2.03. The summed E-state index contributed by atoms with van der Waals surface area (Å²) < 4.78 is 0. The summed E-state index contributed by atoms with van der Waals surface area (Å²) in [5.74, 6) is 0. The van der Waals surface area contributed by atoms with Crippen LogP contribution >= 0.6 is 0 Å². The molecule has 1 nitrogen and oxygen atoms in total. The van der Waals surface area contributed by atoms with Gasteiger partial charge in [-0.25, -0.2) is 0 Å². The van der Waals surface area contributed by atoms with Crippen LogP contribution in [-0.2, 0) is 0 Å². The van der Waals surface area contributed by atoms with Crippen LogP contribution in [0.1, 0.15) is 18.5 Å². The lowest BCUT2D eigenvalue weighted by Gasteiger charge is -2.13. The molecule has 0 fully saturated rings. The van der Waals surface area contributed by atoms with E-state index in [-0.39, 0.29) is 0 Å². The van der Waals surface area contributed by atoms with E-state index >= 15 is 0 Å². The van der Waals surface area contributed by atoms with Gasteiger partial charge in [-0.2, -0.15) is 0 Å². The standard InChI is InChI=1S/C13H17N/c1-3-8-13(14-11-4-2)12-9-6-5-7-10-12/h3-10,13-14H,2,11H2,1H3/b8-3+/t13-/m0/s1. The molecular weight excluding hydrogens is 170 g/mol. The first-order valence-electron chi connectivity index (χ1n) is 4.90. The van der Waals surface area contributed by atoms with Crippen LogP contribution in [0.25, 0.3) is 0 Å². The maximum absolute atomic E-state index is 3.70. The Labute approximate surface area is 86.2 Å². The Bertz CT molecular complexity index is 287. The quantitative estimate of drug-likeness (QED) is 0.698. The maximum atomic E-state index is 3.70. The first kappa shape index (κ1) is 10.7. The molecule has 0 aromatic heterocycles. The fourth-order valence-electron chi connectivity index (χ4n) is 1.36. The minimum Gasteiger partial charge on any atom is -0.303 e. The number of hydrogen-bond donors (Lipinski definition) is 1. The van der Waals surface area contributed by atoms with Crippen molar-refractivity contribution in [1.29, 1.82) is 0 Å². The van der Waals surface area contributed by atoms with Gasteiger partial charge in [0, 0.05) is 6.54 Å². The van der Waals surface area contributed by atoms with E-state index in [1.54, 1.807) is 0 Å². The fourth-order valence-corrected chi connectivity index (χ4v) is 1.36. The molecule has 74 valence electrons. The zero-order chi connectivity index (χ0) is 10.2. The zero-order valence-electron chi connectivity index (χ0n) is 8.61. The molecule has 0 radical (unpaired) electrons. The van der Waals surface area contributed by atoms with Gasteiger partial charge >= 0.3 is 0 Å². The third kappa shape index (κ3) is 3.19. The molecule has 0 saturated carbocycles. The molecule has 0 aliphatic rings. The Morgan fingerprint density at radius 2 is 2.07 bits per heavy atom. The molecule has 1 N–H and O–H groups in total. The van der Waals surface area contributed by atoms with Crippen LogP contribution in [0.15, 0.2) is 55.1 Å². The van der Waals surface area contributed by atoms with Crippen LogP contribution in [0, 0.1) is 0 Å². The van der Waals surface area contributed by atoms with E-state index in [1.165, 1.54) is 5.56 Å². The summed E-state index contributed by atoms with van der Waals surface area (Å²) in [6.45, 7) is 6.56. The van der Waals surface area contributed by atoms with Crippen LogP contribution in [0.4, 0.5) is 0 Å². The average molecular weight is 187 g/mol. The number of rotatable bonds is 5. The minimum atomic E-state index is 0.291. The second-order valence-electron chi connectivity index (χ2n) is 3.11. The van der Waals surface area contributed by atoms with E-state index in [0.29, 0.717) is 6.04 Å². The molecule has 0 saturated heterocycles. The lowest BCUT2D eigenvalue weighted by atomic mass is 10.1. The first-order valence-corrected chi connectivity index (χ1v) is 4.90. The van der Waals surface area contributed by atoms with Crippen molar-refractivity contribution < 1.29 is 0 Å². The summed E-state index contributed by atoms with van der Waals surface area (Å²) >= 11 is 0. The topological polar surface area (TPSA) is 12.0 Å². The van der Waals surface area contributed by atoms with E-state index in [2.05, 4.69) is 48.3 Å². The molecule has 14 heavy (non-hydrogen) atoms. The SMILES string of the molecule is C=CCN[C@@H](/C=C/C)c1ccccc1. The molecular formula is C13H17N. The van der Waals surface area contributed by atoms with Gasteiger partial charge in [0.15, 0.2) is 0 Å². The monoisotopic (exact) mass is 187 g/mol. The highest BCUT2D eigenvalue weighted by molar-refractivity contribution is 5.22. The lowest BCUT2D eigenvalue weighted by molar-refractivity contribution is 0.672. The van der Waals surface area contributed by atoms with Gasteiger partial charge in [0.25, 0.3) is 0 Å². The van der Waals surface area contributed by atoms with E-state index in [0.717, 1.165) is 6.54 Å². The molecule has 1 aromatic rings. The van der Waals surface area contributed by atoms with Gasteiger partial charge in [-0.05, 0) is 12.5 Å². The van der Waals surface area contributed by atoms with Gasteiger partial charge < -0.3 is 5.32 Å². The van der Waals surface area contributed by atoms with E-state index in [4.69, 9.17) is 0 Å².